The maximum absolute atomic E-state index is 13.7. The van der Waals surface area contributed by atoms with Crippen LogP contribution >= 0.6 is 0 Å². The second-order valence-corrected chi connectivity index (χ2v) is 12.5. The Hall–Kier alpha value is -3.70. The van der Waals surface area contributed by atoms with Gasteiger partial charge < -0.3 is 19.9 Å². The summed E-state index contributed by atoms with van der Waals surface area (Å²) < 4.78 is 51.0. The second kappa shape index (κ2) is 11.7. The number of aliphatic carboxylic acids is 1. The van der Waals surface area contributed by atoms with E-state index >= 15 is 0 Å². The lowest BCUT2D eigenvalue weighted by Gasteiger charge is -2.36. The van der Waals surface area contributed by atoms with Gasteiger partial charge in [0.2, 0.25) is 0 Å². The summed E-state index contributed by atoms with van der Waals surface area (Å²) >= 11 is 0. The van der Waals surface area contributed by atoms with E-state index in [0.29, 0.717) is 24.1 Å². The third kappa shape index (κ3) is 8.17. The SMILES string of the molecule is CC1Cc2nnc(-c3cccc(C(F)(F)F)c3)cc2C(OC(=O)C([C@H](NC(=O)OC(C)(C)C)C(=O)O)C(C)(C)C)C1. The molecule has 4 atom stereocenters. The standard InChI is InChI=1S/C29H36F3N3O6/c1-15-11-20-18(14-19(34-35-20)16-9-8-10-17(13-16)29(30,31)32)21(12-15)40-25(38)22(27(2,3)4)23(24(36)37)33-26(39)41-28(5,6)7/h8-10,13-15,21-23H,11-12H2,1-7H3,(H,33,39)(H,36,37)/t15?,21?,22?,23-/m0/s1. The Labute approximate surface area is 236 Å². The number of halogens is 3. The minimum absolute atomic E-state index is 0.0252. The number of ether oxygens (including phenoxy) is 2. The molecule has 2 aromatic rings. The molecule has 1 aromatic heterocycles. The van der Waals surface area contributed by atoms with Crippen molar-refractivity contribution in [2.45, 2.75) is 85.2 Å². The Balaban J connectivity index is 1.96. The zero-order valence-electron chi connectivity index (χ0n) is 24.1. The Kier molecular flexibility index (Phi) is 9.05. The predicted octanol–water partition coefficient (Wildman–Crippen LogP) is 5.97. The van der Waals surface area contributed by atoms with Crippen molar-refractivity contribution in [3.05, 3.63) is 47.2 Å². The molecule has 0 bridgehead atoms. The lowest BCUT2D eigenvalue weighted by atomic mass is 9.76. The van der Waals surface area contributed by atoms with Crippen LogP contribution < -0.4 is 5.32 Å². The number of carbonyl (C=O) groups excluding carboxylic acids is 2. The number of nitrogens with one attached hydrogen (secondary N) is 1. The van der Waals surface area contributed by atoms with Gasteiger partial charge in [0.25, 0.3) is 0 Å². The molecule has 12 heteroatoms. The predicted molar refractivity (Wildman–Crippen MR) is 143 cm³/mol. The van der Waals surface area contributed by atoms with Crippen LogP contribution in [0.5, 0.6) is 0 Å². The zero-order valence-corrected chi connectivity index (χ0v) is 24.1. The van der Waals surface area contributed by atoms with Gasteiger partial charge in [0.1, 0.15) is 17.7 Å². The summed E-state index contributed by atoms with van der Waals surface area (Å²) in [4.78, 5) is 38.4. The number of nitrogens with zero attached hydrogens (tertiary/aromatic N) is 2. The number of fused-ring (bicyclic) bond motifs is 1. The van der Waals surface area contributed by atoms with Gasteiger partial charge in [0.05, 0.1) is 22.9 Å². The fraction of sp³-hybridized carbons (Fsp3) is 0.552. The fourth-order valence-electron chi connectivity index (χ4n) is 4.81. The molecule has 41 heavy (non-hydrogen) atoms. The van der Waals surface area contributed by atoms with Gasteiger partial charge in [-0.25, -0.2) is 9.59 Å². The van der Waals surface area contributed by atoms with E-state index in [4.69, 9.17) is 9.47 Å². The van der Waals surface area contributed by atoms with Crippen molar-refractivity contribution in [2.24, 2.45) is 17.3 Å². The average Bonchev–Trinajstić information content (AvgIpc) is 2.80. The smallest absolute Gasteiger partial charge is 0.416 e. The van der Waals surface area contributed by atoms with Gasteiger partial charge in [-0.3, -0.25) is 4.79 Å². The van der Waals surface area contributed by atoms with Gasteiger partial charge >= 0.3 is 24.2 Å². The maximum atomic E-state index is 13.7. The van der Waals surface area contributed by atoms with Crippen LogP contribution in [0.2, 0.25) is 0 Å². The molecular weight excluding hydrogens is 543 g/mol. The van der Waals surface area contributed by atoms with E-state index in [0.717, 1.165) is 12.1 Å². The van der Waals surface area contributed by atoms with E-state index in [2.05, 4.69) is 15.5 Å². The normalized spacial score (nSPS) is 19.0. The Morgan fingerprint density at radius 2 is 1.71 bits per heavy atom. The van der Waals surface area contributed by atoms with E-state index in [1.807, 2.05) is 6.92 Å². The third-order valence-electron chi connectivity index (χ3n) is 6.61. The highest BCUT2D eigenvalue weighted by molar-refractivity contribution is 5.87. The Morgan fingerprint density at radius 3 is 2.27 bits per heavy atom. The summed E-state index contributed by atoms with van der Waals surface area (Å²) in [5.41, 5.74) is -1.31. The molecule has 0 fully saturated rings. The molecular formula is C29H36F3N3O6. The van der Waals surface area contributed by atoms with E-state index < -0.39 is 58.9 Å². The summed E-state index contributed by atoms with van der Waals surface area (Å²) in [7, 11) is 0. The summed E-state index contributed by atoms with van der Waals surface area (Å²) in [6.07, 6.45) is -5.51. The largest absolute Gasteiger partial charge is 0.480 e. The highest BCUT2D eigenvalue weighted by atomic mass is 19.4. The van der Waals surface area contributed by atoms with Crippen LogP contribution in [0.15, 0.2) is 30.3 Å². The van der Waals surface area contributed by atoms with Crippen molar-refractivity contribution in [1.29, 1.82) is 0 Å². The molecule has 1 amide bonds. The number of hydrogen-bond acceptors (Lipinski definition) is 7. The molecule has 1 aromatic carbocycles. The van der Waals surface area contributed by atoms with Crippen LogP contribution in [0.4, 0.5) is 18.0 Å². The van der Waals surface area contributed by atoms with Crippen molar-refractivity contribution >= 4 is 18.0 Å². The lowest BCUT2D eigenvalue weighted by Crippen LogP contribution is -2.54. The van der Waals surface area contributed by atoms with Crippen LogP contribution in [-0.4, -0.2) is 45.0 Å². The van der Waals surface area contributed by atoms with E-state index in [1.165, 1.54) is 12.1 Å². The van der Waals surface area contributed by atoms with Crippen molar-refractivity contribution in [1.82, 2.24) is 15.5 Å². The molecule has 9 nitrogen and oxygen atoms in total. The van der Waals surface area contributed by atoms with Crippen LogP contribution in [0.3, 0.4) is 0 Å². The monoisotopic (exact) mass is 579 g/mol. The van der Waals surface area contributed by atoms with Gasteiger partial charge in [-0.2, -0.15) is 23.4 Å². The van der Waals surface area contributed by atoms with Gasteiger partial charge in [-0.1, -0.05) is 39.8 Å². The topological polar surface area (TPSA) is 128 Å². The van der Waals surface area contributed by atoms with Gasteiger partial charge in [-0.05, 0) is 63.1 Å². The van der Waals surface area contributed by atoms with Crippen LogP contribution in [-0.2, 0) is 31.7 Å². The van der Waals surface area contributed by atoms with Crippen molar-refractivity contribution < 1.29 is 42.1 Å². The Bertz CT molecular complexity index is 1300. The van der Waals surface area contributed by atoms with Crippen LogP contribution in [0.25, 0.3) is 11.3 Å². The summed E-state index contributed by atoms with van der Waals surface area (Å²) in [5, 5.41) is 20.6. The van der Waals surface area contributed by atoms with Crippen LogP contribution in [0, 0.1) is 17.3 Å². The van der Waals surface area contributed by atoms with Gasteiger partial charge in [0, 0.05) is 11.1 Å². The number of esters is 1. The zero-order chi connectivity index (χ0) is 30.9. The number of carboxylic acids is 1. The first-order valence-electron chi connectivity index (χ1n) is 13.2. The quantitative estimate of drug-likeness (QED) is 0.401. The minimum Gasteiger partial charge on any atom is -0.480 e. The van der Waals surface area contributed by atoms with Gasteiger partial charge in [-0.15, -0.1) is 0 Å². The number of rotatable bonds is 6. The minimum atomic E-state index is -4.54. The number of aromatic nitrogens is 2. The molecule has 0 aliphatic heterocycles. The molecule has 1 aliphatic carbocycles. The highest BCUT2D eigenvalue weighted by Gasteiger charge is 2.46. The second-order valence-electron chi connectivity index (χ2n) is 12.5. The van der Waals surface area contributed by atoms with Gasteiger partial charge in [0.15, 0.2) is 0 Å². The molecule has 3 unspecified atom stereocenters. The molecule has 0 saturated carbocycles. The average molecular weight is 580 g/mol. The first kappa shape index (κ1) is 31.8. The van der Waals surface area contributed by atoms with Crippen molar-refractivity contribution in [3.8, 4) is 11.3 Å². The number of alkyl halides is 3. The van der Waals surface area contributed by atoms with Crippen molar-refractivity contribution in [2.75, 3.05) is 0 Å². The molecule has 224 valence electrons. The molecule has 0 radical (unpaired) electrons. The summed E-state index contributed by atoms with van der Waals surface area (Å²) in [5.74, 6) is -3.59. The molecule has 0 spiro atoms. The summed E-state index contributed by atoms with van der Waals surface area (Å²) in [6, 6.07) is 4.58. The molecule has 3 rings (SSSR count). The molecule has 1 aliphatic rings. The maximum Gasteiger partial charge on any atom is 0.416 e. The molecule has 1 heterocycles. The third-order valence-corrected chi connectivity index (χ3v) is 6.61. The Morgan fingerprint density at radius 1 is 1.05 bits per heavy atom. The number of benzene rings is 1. The van der Waals surface area contributed by atoms with E-state index in [9.17, 15) is 32.7 Å². The number of hydrogen-bond donors (Lipinski definition) is 2. The number of amides is 1. The number of carbonyl (C=O) groups is 3. The first-order chi connectivity index (χ1) is 18.8. The van der Waals surface area contributed by atoms with E-state index in [1.54, 1.807) is 47.6 Å². The number of carboxylic acid groups (broad SMARTS) is 1. The lowest BCUT2D eigenvalue weighted by molar-refractivity contribution is -0.165. The highest BCUT2D eigenvalue weighted by Crippen LogP contribution is 2.39. The molecule has 2 N–H and O–H groups in total. The first-order valence-corrected chi connectivity index (χ1v) is 13.2. The summed E-state index contributed by atoms with van der Waals surface area (Å²) in [6.45, 7) is 11.8. The fourth-order valence-corrected chi connectivity index (χ4v) is 4.81. The number of alkyl carbamates (subject to hydrolysis) is 1. The van der Waals surface area contributed by atoms with Crippen molar-refractivity contribution in [3.63, 3.8) is 0 Å². The molecule has 0 saturated heterocycles. The van der Waals surface area contributed by atoms with Crippen LogP contribution in [0.1, 0.15) is 77.8 Å². The van der Waals surface area contributed by atoms with E-state index in [-0.39, 0.29) is 17.2 Å².